The molecular weight excluding hydrogens is 252 g/mol. The lowest BCUT2D eigenvalue weighted by Crippen LogP contribution is -2.26. The van der Waals surface area contributed by atoms with Crippen LogP contribution in [0.3, 0.4) is 0 Å². The van der Waals surface area contributed by atoms with Gasteiger partial charge in [-0.05, 0) is 30.3 Å². The normalized spacial score (nSPS) is 10.3. The lowest BCUT2D eigenvalue weighted by molar-refractivity contribution is 0.0775. The number of anilines is 1. The summed E-state index contributed by atoms with van der Waals surface area (Å²) >= 11 is 5.87. The molecule has 0 radical (unpaired) electrons. The Hall–Kier alpha value is -1.94. The summed E-state index contributed by atoms with van der Waals surface area (Å²) in [6.07, 6.45) is 1.57. The van der Waals surface area contributed by atoms with Crippen LogP contribution < -0.4 is 5.73 Å². The van der Waals surface area contributed by atoms with Crippen molar-refractivity contribution in [2.24, 2.45) is 0 Å². The number of halogens is 1. The molecule has 0 saturated heterocycles. The summed E-state index contributed by atoms with van der Waals surface area (Å²) in [5, 5.41) is 0.449. The van der Waals surface area contributed by atoms with E-state index in [1.807, 2.05) is 6.07 Å². The van der Waals surface area contributed by atoms with Gasteiger partial charge in [-0.15, -0.1) is 0 Å². The number of rotatable bonds is 3. The van der Waals surface area contributed by atoms with Gasteiger partial charge in [-0.25, -0.2) is 0 Å². The van der Waals surface area contributed by atoms with E-state index in [9.17, 15) is 4.79 Å². The van der Waals surface area contributed by atoms with Crippen LogP contribution in [0.2, 0.25) is 5.02 Å². The largest absolute Gasteiger partial charge is 0.467 e. The summed E-state index contributed by atoms with van der Waals surface area (Å²) in [6, 6.07) is 8.40. The minimum absolute atomic E-state index is 0.152. The van der Waals surface area contributed by atoms with Crippen LogP contribution in [0.15, 0.2) is 41.0 Å². The Balaban J connectivity index is 2.15. The highest BCUT2D eigenvalue weighted by Gasteiger charge is 2.14. The van der Waals surface area contributed by atoms with Gasteiger partial charge in [-0.3, -0.25) is 4.79 Å². The van der Waals surface area contributed by atoms with Gasteiger partial charge >= 0.3 is 0 Å². The topological polar surface area (TPSA) is 59.5 Å². The predicted molar refractivity (Wildman–Crippen MR) is 70.4 cm³/mol. The van der Waals surface area contributed by atoms with Crippen molar-refractivity contribution in [2.75, 3.05) is 12.8 Å². The molecule has 5 heteroatoms. The maximum atomic E-state index is 12.1. The van der Waals surface area contributed by atoms with Gasteiger partial charge in [-0.1, -0.05) is 11.6 Å². The summed E-state index contributed by atoms with van der Waals surface area (Å²) in [5.74, 6) is 0.571. The Kier molecular flexibility index (Phi) is 3.58. The van der Waals surface area contributed by atoms with Crippen LogP contribution in [0.4, 0.5) is 5.69 Å². The zero-order valence-corrected chi connectivity index (χ0v) is 10.6. The number of carbonyl (C=O) groups excluding carboxylic acids is 1. The Morgan fingerprint density at radius 1 is 1.44 bits per heavy atom. The van der Waals surface area contributed by atoms with Gasteiger partial charge < -0.3 is 15.1 Å². The predicted octanol–water partition coefficient (Wildman–Crippen LogP) is 2.79. The van der Waals surface area contributed by atoms with E-state index in [2.05, 4.69) is 0 Å². The number of hydrogen-bond acceptors (Lipinski definition) is 3. The molecule has 0 aliphatic rings. The highest BCUT2D eigenvalue weighted by Crippen LogP contribution is 2.18. The van der Waals surface area contributed by atoms with Crippen LogP contribution in [-0.4, -0.2) is 17.9 Å². The standard InChI is InChI=1S/C13H13ClN2O2/c1-16(8-12-3-2-4-18-12)13(17)9-5-10(14)7-11(15)6-9/h2-7H,8,15H2,1H3. The fourth-order valence-electron chi connectivity index (χ4n) is 1.66. The SMILES string of the molecule is CN(Cc1ccco1)C(=O)c1cc(N)cc(Cl)c1. The highest BCUT2D eigenvalue weighted by atomic mass is 35.5. The number of nitrogens with zero attached hydrogens (tertiary/aromatic N) is 1. The van der Waals surface area contributed by atoms with Crippen LogP contribution in [0, 0.1) is 0 Å². The summed E-state index contributed by atoms with van der Waals surface area (Å²) in [6.45, 7) is 0.401. The molecule has 0 aliphatic carbocycles. The monoisotopic (exact) mass is 264 g/mol. The first-order chi connectivity index (χ1) is 8.56. The van der Waals surface area contributed by atoms with E-state index >= 15 is 0 Å². The number of carbonyl (C=O) groups is 1. The third-order valence-corrected chi connectivity index (χ3v) is 2.71. The van der Waals surface area contributed by atoms with Gasteiger partial charge in [0.15, 0.2) is 0 Å². The molecule has 1 aromatic heterocycles. The number of amides is 1. The smallest absolute Gasteiger partial charge is 0.254 e. The molecule has 0 saturated carbocycles. The summed E-state index contributed by atoms with van der Waals surface area (Å²) in [7, 11) is 1.70. The van der Waals surface area contributed by atoms with E-state index in [1.165, 1.54) is 0 Å². The highest BCUT2D eigenvalue weighted by molar-refractivity contribution is 6.31. The van der Waals surface area contributed by atoms with Gasteiger partial charge in [0.25, 0.3) is 5.91 Å². The van der Waals surface area contributed by atoms with Gasteiger partial charge in [0.2, 0.25) is 0 Å². The van der Waals surface area contributed by atoms with Crippen molar-refractivity contribution in [3.8, 4) is 0 Å². The molecule has 1 amide bonds. The van der Waals surface area contributed by atoms with Crippen LogP contribution in [0.25, 0.3) is 0 Å². The minimum Gasteiger partial charge on any atom is -0.467 e. The first-order valence-corrected chi connectivity index (χ1v) is 5.78. The Labute approximate surface area is 110 Å². The van der Waals surface area contributed by atoms with E-state index in [4.69, 9.17) is 21.8 Å². The van der Waals surface area contributed by atoms with E-state index in [1.54, 1.807) is 42.5 Å². The number of benzene rings is 1. The molecule has 2 aromatic rings. The molecule has 94 valence electrons. The third-order valence-electron chi connectivity index (χ3n) is 2.49. The van der Waals surface area contributed by atoms with Crippen LogP contribution in [-0.2, 0) is 6.54 Å². The van der Waals surface area contributed by atoms with Crippen molar-refractivity contribution in [3.05, 3.63) is 52.9 Å². The quantitative estimate of drug-likeness (QED) is 0.867. The van der Waals surface area contributed by atoms with Crippen molar-refractivity contribution < 1.29 is 9.21 Å². The Morgan fingerprint density at radius 2 is 2.22 bits per heavy atom. The van der Waals surface area contributed by atoms with Crippen molar-refractivity contribution in [1.82, 2.24) is 4.90 Å². The van der Waals surface area contributed by atoms with E-state index in [0.29, 0.717) is 22.8 Å². The van der Waals surface area contributed by atoms with Crippen LogP contribution >= 0.6 is 11.6 Å². The zero-order valence-electron chi connectivity index (χ0n) is 9.89. The van der Waals surface area contributed by atoms with Gasteiger partial charge in [0.1, 0.15) is 5.76 Å². The fourth-order valence-corrected chi connectivity index (χ4v) is 1.91. The fraction of sp³-hybridized carbons (Fsp3) is 0.154. The lowest BCUT2D eigenvalue weighted by atomic mass is 10.2. The number of hydrogen-bond donors (Lipinski definition) is 1. The molecule has 2 N–H and O–H groups in total. The van der Waals surface area contributed by atoms with Crippen LogP contribution in [0.1, 0.15) is 16.1 Å². The average molecular weight is 265 g/mol. The zero-order chi connectivity index (χ0) is 13.1. The van der Waals surface area contributed by atoms with Gasteiger partial charge in [-0.2, -0.15) is 0 Å². The number of furan rings is 1. The van der Waals surface area contributed by atoms with Crippen molar-refractivity contribution in [1.29, 1.82) is 0 Å². The summed E-state index contributed by atoms with van der Waals surface area (Å²) in [5.41, 5.74) is 6.60. The second-order valence-electron chi connectivity index (χ2n) is 4.01. The van der Waals surface area contributed by atoms with Gasteiger partial charge in [0, 0.05) is 23.3 Å². The Bertz CT molecular complexity index is 532. The summed E-state index contributed by atoms with van der Waals surface area (Å²) in [4.78, 5) is 13.7. The molecule has 4 nitrogen and oxygen atoms in total. The Morgan fingerprint density at radius 3 is 2.83 bits per heavy atom. The molecule has 0 unspecified atom stereocenters. The van der Waals surface area contributed by atoms with Crippen molar-refractivity contribution >= 4 is 23.2 Å². The molecule has 18 heavy (non-hydrogen) atoms. The second-order valence-corrected chi connectivity index (χ2v) is 4.45. The molecule has 0 spiro atoms. The lowest BCUT2D eigenvalue weighted by Gasteiger charge is -2.16. The van der Waals surface area contributed by atoms with Crippen molar-refractivity contribution in [2.45, 2.75) is 6.54 Å². The van der Waals surface area contributed by atoms with Crippen molar-refractivity contribution in [3.63, 3.8) is 0 Å². The van der Waals surface area contributed by atoms with Gasteiger partial charge in [0.05, 0.1) is 12.8 Å². The molecule has 0 atom stereocenters. The van der Waals surface area contributed by atoms with E-state index in [0.717, 1.165) is 5.76 Å². The molecule has 2 rings (SSSR count). The van der Waals surface area contributed by atoms with Crippen LogP contribution in [0.5, 0.6) is 0 Å². The molecule has 1 heterocycles. The molecule has 1 aromatic carbocycles. The van der Waals surface area contributed by atoms with E-state index < -0.39 is 0 Å². The molecular formula is C13H13ClN2O2. The average Bonchev–Trinajstić information content (AvgIpc) is 2.79. The first-order valence-electron chi connectivity index (χ1n) is 5.40. The molecule has 0 aliphatic heterocycles. The summed E-state index contributed by atoms with van der Waals surface area (Å²) < 4.78 is 5.19. The first kappa shape index (κ1) is 12.5. The number of nitrogens with two attached hydrogens (primary N) is 1. The maximum absolute atomic E-state index is 12.1. The minimum atomic E-state index is -0.152. The maximum Gasteiger partial charge on any atom is 0.254 e. The number of nitrogen functional groups attached to an aromatic ring is 1. The molecule has 0 fully saturated rings. The molecule has 0 bridgehead atoms. The third kappa shape index (κ3) is 2.84. The van der Waals surface area contributed by atoms with E-state index in [-0.39, 0.29) is 5.91 Å². The second kappa shape index (κ2) is 5.14.